The van der Waals surface area contributed by atoms with Gasteiger partial charge in [0.1, 0.15) is 6.54 Å². The highest BCUT2D eigenvalue weighted by molar-refractivity contribution is 6.31. The largest absolute Gasteiger partial charge is 0.465 e. The van der Waals surface area contributed by atoms with E-state index in [2.05, 4.69) is 10.3 Å². The molecule has 4 aromatic rings. The molecule has 0 saturated heterocycles. The second-order valence-electron chi connectivity index (χ2n) is 6.94. The minimum atomic E-state index is -0.577. The van der Waals surface area contributed by atoms with Crippen molar-refractivity contribution in [1.82, 2.24) is 9.55 Å². The van der Waals surface area contributed by atoms with Crippen molar-refractivity contribution >= 4 is 40.1 Å². The summed E-state index contributed by atoms with van der Waals surface area (Å²) in [5.74, 6) is -1.07. The summed E-state index contributed by atoms with van der Waals surface area (Å²) < 4.78 is 6.02. The molecule has 1 aromatic heterocycles. The summed E-state index contributed by atoms with van der Waals surface area (Å²) in [5, 5.41) is 3.80. The number of ether oxygens (including phenoxy) is 1. The molecule has 0 aliphatic rings. The van der Waals surface area contributed by atoms with Gasteiger partial charge in [-0.1, -0.05) is 54.1 Å². The quantitative estimate of drug-likeness (QED) is 0.464. The lowest BCUT2D eigenvalue weighted by Crippen LogP contribution is -2.30. The Labute approximate surface area is 188 Å². The van der Waals surface area contributed by atoms with E-state index in [1.807, 2.05) is 30.3 Å². The third-order valence-electron chi connectivity index (χ3n) is 4.90. The maximum atomic E-state index is 12.9. The van der Waals surface area contributed by atoms with E-state index < -0.39 is 17.6 Å². The van der Waals surface area contributed by atoms with Crippen LogP contribution < -0.4 is 11.0 Å². The smallest absolute Gasteiger partial charge is 0.349 e. The monoisotopic (exact) mass is 447 g/mol. The van der Waals surface area contributed by atoms with Crippen molar-refractivity contribution in [2.75, 3.05) is 12.4 Å². The third kappa shape index (κ3) is 4.24. The molecule has 1 N–H and O–H groups in total. The number of carbonyl (C=O) groups excluding carboxylic acids is 2. The molecule has 8 heteroatoms. The van der Waals surface area contributed by atoms with Crippen LogP contribution in [0.5, 0.6) is 0 Å². The molecule has 160 valence electrons. The zero-order chi connectivity index (χ0) is 22.7. The van der Waals surface area contributed by atoms with E-state index in [1.54, 1.807) is 42.5 Å². The van der Waals surface area contributed by atoms with E-state index in [0.717, 1.165) is 5.56 Å². The number of carbonyl (C=O) groups is 2. The van der Waals surface area contributed by atoms with Crippen molar-refractivity contribution in [3.8, 4) is 11.3 Å². The normalized spacial score (nSPS) is 10.7. The molecule has 3 aromatic carbocycles. The Morgan fingerprint density at radius 2 is 1.75 bits per heavy atom. The third-order valence-corrected chi connectivity index (χ3v) is 5.13. The van der Waals surface area contributed by atoms with Crippen LogP contribution in [0, 0.1) is 0 Å². The second-order valence-corrected chi connectivity index (χ2v) is 7.38. The predicted molar refractivity (Wildman–Crippen MR) is 123 cm³/mol. The molecule has 0 fully saturated rings. The summed E-state index contributed by atoms with van der Waals surface area (Å²) in [5.41, 5.74) is 1.70. The number of nitrogens with one attached hydrogen (secondary N) is 1. The number of fused-ring (bicyclic) bond motifs is 1. The first kappa shape index (κ1) is 21.3. The Morgan fingerprint density at radius 1 is 1.03 bits per heavy atom. The van der Waals surface area contributed by atoms with E-state index in [9.17, 15) is 14.4 Å². The molecular formula is C24H18ClN3O4. The fourth-order valence-corrected chi connectivity index (χ4v) is 3.61. The number of aromatic nitrogens is 2. The molecule has 0 spiro atoms. The van der Waals surface area contributed by atoms with Gasteiger partial charge in [-0.15, -0.1) is 0 Å². The summed E-state index contributed by atoms with van der Waals surface area (Å²) >= 11 is 6.21. The molecule has 0 saturated carbocycles. The minimum absolute atomic E-state index is 0.213. The van der Waals surface area contributed by atoms with Gasteiger partial charge in [0.05, 0.1) is 29.6 Å². The number of amides is 1. The van der Waals surface area contributed by atoms with Crippen LogP contribution in [0.3, 0.4) is 0 Å². The lowest BCUT2D eigenvalue weighted by molar-refractivity contribution is -0.116. The highest BCUT2D eigenvalue weighted by Gasteiger charge is 2.17. The molecule has 0 atom stereocenters. The van der Waals surface area contributed by atoms with Crippen LogP contribution in [-0.2, 0) is 16.1 Å². The number of halogens is 1. The zero-order valence-corrected chi connectivity index (χ0v) is 17.8. The lowest BCUT2D eigenvalue weighted by atomic mass is 10.1. The van der Waals surface area contributed by atoms with Gasteiger partial charge in [-0.05, 0) is 30.3 Å². The first-order chi connectivity index (χ1) is 15.5. The molecular weight excluding hydrogens is 430 g/mol. The van der Waals surface area contributed by atoms with Crippen molar-refractivity contribution in [2.24, 2.45) is 0 Å². The van der Waals surface area contributed by atoms with Crippen LogP contribution in [0.25, 0.3) is 22.2 Å². The number of hydrogen-bond donors (Lipinski definition) is 1. The van der Waals surface area contributed by atoms with E-state index >= 15 is 0 Å². The SMILES string of the molecule is COC(=O)c1ccccc1NC(=O)Cn1c(=O)nc(-c2ccccc2)c2cc(Cl)ccc21. The van der Waals surface area contributed by atoms with Gasteiger partial charge in [0.2, 0.25) is 5.91 Å². The van der Waals surface area contributed by atoms with Crippen LogP contribution in [-0.4, -0.2) is 28.5 Å². The van der Waals surface area contributed by atoms with E-state index in [0.29, 0.717) is 27.3 Å². The van der Waals surface area contributed by atoms with Gasteiger partial charge in [0.15, 0.2) is 0 Å². The average molecular weight is 448 g/mol. The summed E-state index contributed by atoms with van der Waals surface area (Å²) in [7, 11) is 1.26. The number of rotatable bonds is 5. The molecule has 1 heterocycles. The molecule has 1 amide bonds. The molecule has 0 aliphatic carbocycles. The summed E-state index contributed by atoms with van der Waals surface area (Å²) in [6.07, 6.45) is 0. The molecule has 7 nitrogen and oxygen atoms in total. The Kier molecular flexibility index (Phi) is 6.00. The number of benzene rings is 3. The van der Waals surface area contributed by atoms with Crippen LogP contribution in [0.15, 0.2) is 77.6 Å². The van der Waals surface area contributed by atoms with Crippen LogP contribution >= 0.6 is 11.6 Å². The molecule has 0 unspecified atom stereocenters. The van der Waals surface area contributed by atoms with Crippen molar-refractivity contribution in [3.63, 3.8) is 0 Å². The number of nitrogens with zero attached hydrogens (tertiary/aromatic N) is 2. The Balaban J connectivity index is 1.74. The number of para-hydroxylation sites is 1. The Bertz CT molecular complexity index is 1380. The van der Waals surface area contributed by atoms with Gasteiger partial charge in [-0.3, -0.25) is 9.36 Å². The van der Waals surface area contributed by atoms with Gasteiger partial charge in [-0.25, -0.2) is 9.59 Å². The van der Waals surface area contributed by atoms with Gasteiger partial charge >= 0.3 is 11.7 Å². The standard InChI is InChI=1S/C24H18ClN3O4/c1-32-23(30)17-9-5-6-10-19(17)26-21(29)14-28-20-12-11-16(25)13-18(20)22(27-24(28)31)15-7-3-2-4-8-15/h2-13H,14H2,1H3,(H,26,29). The first-order valence-electron chi connectivity index (χ1n) is 9.70. The van der Waals surface area contributed by atoms with Crippen molar-refractivity contribution in [3.05, 3.63) is 93.9 Å². The van der Waals surface area contributed by atoms with Crippen LogP contribution in [0.4, 0.5) is 5.69 Å². The predicted octanol–water partition coefficient (Wildman–Crippen LogP) is 4.14. The molecule has 0 radical (unpaired) electrons. The van der Waals surface area contributed by atoms with Crippen LogP contribution in [0.1, 0.15) is 10.4 Å². The summed E-state index contributed by atoms with van der Waals surface area (Å²) in [4.78, 5) is 41.9. The van der Waals surface area contributed by atoms with Crippen molar-refractivity contribution in [1.29, 1.82) is 0 Å². The lowest BCUT2D eigenvalue weighted by Gasteiger charge is -2.14. The maximum Gasteiger partial charge on any atom is 0.349 e. The highest BCUT2D eigenvalue weighted by atomic mass is 35.5. The summed E-state index contributed by atoms with van der Waals surface area (Å²) in [6, 6.07) is 20.8. The zero-order valence-electron chi connectivity index (χ0n) is 17.0. The first-order valence-corrected chi connectivity index (χ1v) is 10.1. The Morgan fingerprint density at radius 3 is 2.50 bits per heavy atom. The van der Waals surface area contributed by atoms with Gasteiger partial charge < -0.3 is 10.1 Å². The minimum Gasteiger partial charge on any atom is -0.465 e. The molecule has 0 bridgehead atoms. The maximum absolute atomic E-state index is 12.9. The topological polar surface area (TPSA) is 90.3 Å². The molecule has 0 aliphatic heterocycles. The fraction of sp³-hybridized carbons (Fsp3) is 0.0833. The fourth-order valence-electron chi connectivity index (χ4n) is 3.43. The molecule has 4 rings (SSSR count). The van der Waals surface area contributed by atoms with Gasteiger partial charge in [0.25, 0.3) is 0 Å². The van der Waals surface area contributed by atoms with E-state index in [-0.39, 0.29) is 12.1 Å². The van der Waals surface area contributed by atoms with E-state index in [1.165, 1.54) is 11.7 Å². The number of esters is 1. The highest BCUT2D eigenvalue weighted by Crippen LogP contribution is 2.27. The van der Waals surface area contributed by atoms with Gasteiger partial charge in [0, 0.05) is 16.0 Å². The Hall–Kier alpha value is -3.97. The average Bonchev–Trinajstić information content (AvgIpc) is 2.81. The number of methoxy groups -OCH3 is 1. The van der Waals surface area contributed by atoms with Crippen molar-refractivity contribution < 1.29 is 14.3 Å². The van der Waals surface area contributed by atoms with Crippen LogP contribution in [0.2, 0.25) is 5.02 Å². The van der Waals surface area contributed by atoms with E-state index in [4.69, 9.17) is 16.3 Å². The number of anilines is 1. The van der Waals surface area contributed by atoms with Gasteiger partial charge in [-0.2, -0.15) is 4.98 Å². The van der Waals surface area contributed by atoms with Crippen molar-refractivity contribution in [2.45, 2.75) is 6.54 Å². The second kappa shape index (κ2) is 9.03. The number of hydrogen-bond acceptors (Lipinski definition) is 5. The molecule has 32 heavy (non-hydrogen) atoms. The summed E-state index contributed by atoms with van der Waals surface area (Å²) in [6.45, 7) is -0.297.